The molecule has 0 saturated heterocycles. The molecule has 0 unspecified atom stereocenters. The van der Waals surface area contributed by atoms with Crippen molar-refractivity contribution in [3.05, 3.63) is 46.8 Å². The second-order valence-corrected chi connectivity index (χ2v) is 6.58. The molecule has 0 amide bonds. The van der Waals surface area contributed by atoms with Crippen molar-refractivity contribution in [2.45, 2.75) is 39.7 Å². The maximum Gasteiger partial charge on any atom is 0.187 e. The van der Waals surface area contributed by atoms with Crippen molar-refractivity contribution >= 4 is 29.0 Å². The molecule has 0 aliphatic carbocycles. The predicted octanol–water partition coefficient (Wildman–Crippen LogP) is 2.94. The first-order chi connectivity index (χ1) is 12.5. The predicted molar refractivity (Wildman–Crippen MR) is 103 cm³/mol. The van der Waals surface area contributed by atoms with Crippen LogP contribution >= 0.6 is 0 Å². The van der Waals surface area contributed by atoms with Crippen molar-refractivity contribution in [1.29, 1.82) is 0 Å². The van der Waals surface area contributed by atoms with E-state index in [0.29, 0.717) is 5.82 Å². The summed E-state index contributed by atoms with van der Waals surface area (Å²) in [4.78, 5) is 9.37. The number of aryl methyl sites for hydroxylation is 2. The van der Waals surface area contributed by atoms with Crippen LogP contribution in [-0.4, -0.2) is 25.8 Å². The van der Waals surface area contributed by atoms with Gasteiger partial charge in [0.05, 0.1) is 5.69 Å². The van der Waals surface area contributed by atoms with Crippen LogP contribution in [0.15, 0.2) is 24.5 Å². The summed E-state index contributed by atoms with van der Waals surface area (Å²) in [6, 6.07) is 3.81. The third kappa shape index (κ3) is 3.82. The van der Waals surface area contributed by atoms with E-state index >= 15 is 0 Å². The second kappa shape index (κ2) is 7.51. The standard InChI is InChI=1S/C19H24N6O/c1-5-7-15-17-18(24(4)23-15)19(20-13(2)3)22-16(21-17)10-9-14-8-6-11-25(26)12-14/h6,8-13H,5,7H2,1-4H3,(H,20,21,22). The summed E-state index contributed by atoms with van der Waals surface area (Å²) >= 11 is 0. The molecular formula is C19H24N6O. The molecule has 0 saturated carbocycles. The largest absolute Gasteiger partial charge is 0.619 e. The van der Waals surface area contributed by atoms with E-state index < -0.39 is 0 Å². The van der Waals surface area contributed by atoms with Gasteiger partial charge in [-0.3, -0.25) is 4.68 Å². The smallest absolute Gasteiger partial charge is 0.187 e. The molecule has 0 aliphatic heterocycles. The molecule has 3 aromatic rings. The molecule has 0 aromatic carbocycles. The number of nitrogens with zero attached hydrogens (tertiary/aromatic N) is 5. The van der Waals surface area contributed by atoms with E-state index in [0.717, 1.165) is 45.7 Å². The van der Waals surface area contributed by atoms with Crippen molar-refractivity contribution in [3.8, 4) is 0 Å². The number of fused-ring (bicyclic) bond motifs is 1. The Morgan fingerprint density at radius 2 is 2.12 bits per heavy atom. The quantitative estimate of drug-likeness (QED) is 0.545. The molecule has 0 aliphatic rings. The van der Waals surface area contributed by atoms with Gasteiger partial charge in [0.25, 0.3) is 0 Å². The van der Waals surface area contributed by atoms with Gasteiger partial charge in [-0.15, -0.1) is 0 Å². The van der Waals surface area contributed by atoms with E-state index in [-0.39, 0.29) is 6.04 Å². The van der Waals surface area contributed by atoms with E-state index in [9.17, 15) is 5.21 Å². The molecule has 0 atom stereocenters. The molecule has 0 bridgehead atoms. The number of pyridine rings is 1. The molecular weight excluding hydrogens is 328 g/mol. The second-order valence-electron chi connectivity index (χ2n) is 6.58. The number of aromatic nitrogens is 5. The molecule has 0 radical (unpaired) electrons. The molecule has 3 heterocycles. The molecule has 0 fully saturated rings. The average Bonchev–Trinajstić information content (AvgIpc) is 2.89. The van der Waals surface area contributed by atoms with Crippen molar-refractivity contribution in [1.82, 2.24) is 19.7 Å². The highest BCUT2D eigenvalue weighted by atomic mass is 16.5. The molecule has 136 valence electrons. The molecule has 0 spiro atoms. The summed E-state index contributed by atoms with van der Waals surface area (Å²) in [6.07, 6.45) is 8.49. The Morgan fingerprint density at radius 1 is 1.31 bits per heavy atom. The minimum atomic E-state index is 0.239. The summed E-state index contributed by atoms with van der Waals surface area (Å²) in [5, 5.41) is 19.4. The van der Waals surface area contributed by atoms with Crippen LogP contribution in [0.1, 0.15) is 44.3 Å². The van der Waals surface area contributed by atoms with Crippen LogP contribution in [0.4, 0.5) is 5.82 Å². The van der Waals surface area contributed by atoms with Crippen LogP contribution in [0, 0.1) is 5.21 Å². The van der Waals surface area contributed by atoms with E-state index in [4.69, 9.17) is 4.98 Å². The van der Waals surface area contributed by atoms with Crippen molar-refractivity contribution in [2.24, 2.45) is 7.05 Å². The third-order valence-corrected chi connectivity index (χ3v) is 3.90. The Balaban J connectivity index is 2.08. The minimum absolute atomic E-state index is 0.239. The number of nitrogens with one attached hydrogen (secondary N) is 1. The highest BCUT2D eigenvalue weighted by molar-refractivity contribution is 5.89. The summed E-state index contributed by atoms with van der Waals surface area (Å²) in [7, 11) is 1.92. The number of hydrogen-bond donors (Lipinski definition) is 1. The van der Waals surface area contributed by atoms with Gasteiger partial charge >= 0.3 is 0 Å². The SMILES string of the molecule is CCCc1nn(C)c2c(NC(C)C)nc(C=Cc3ccc[n+]([O-])c3)nc12. The lowest BCUT2D eigenvalue weighted by atomic mass is 10.2. The Morgan fingerprint density at radius 3 is 2.81 bits per heavy atom. The Hall–Kier alpha value is -2.96. The first kappa shape index (κ1) is 17.8. The molecule has 3 aromatic heterocycles. The van der Waals surface area contributed by atoms with Gasteiger partial charge in [0.15, 0.2) is 24.0 Å². The zero-order valence-electron chi connectivity index (χ0n) is 15.6. The minimum Gasteiger partial charge on any atom is -0.619 e. The van der Waals surface area contributed by atoms with Gasteiger partial charge in [-0.1, -0.05) is 13.3 Å². The zero-order chi connectivity index (χ0) is 18.7. The van der Waals surface area contributed by atoms with E-state index in [2.05, 4.69) is 36.2 Å². The lowest BCUT2D eigenvalue weighted by Crippen LogP contribution is -2.24. The van der Waals surface area contributed by atoms with Crippen LogP contribution < -0.4 is 10.0 Å². The maximum absolute atomic E-state index is 11.4. The number of anilines is 1. The van der Waals surface area contributed by atoms with Crippen LogP contribution in [0.3, 0.4) is 0 Å². The van der Waals surface area contributed by atoms with E-state index in [1.54, 1.807) is 6.07 Å². The van der Waals surface area contributed by atoms with Gasteiger partial charge in [0.2, 0.25) is 0 Å². The average molecular weight is 352 g/mol. The summed E-state index contributed by atoms with van der Waals surface area (Å²) in [6.45, 7) is 6.27. The van der Waals surface area contributed by atoms with Crippen LogP contribution in [0.25, 0.3) is 23.2 Å². The van der Waals surface area contributed by atoms with Crippen molar-refractivity contribution in [2.75, 3.05) is 5.32 Å². The zero-order valence-corrected chi connectivity index (χ0v) is 15.6. The Kier molecular flexibility index (Phi) is 5.16. The highest BCUT2D eigenvalue weighted by Crippen LogP contribution is 2.25. The summed E-state index contributed by atoms with van der Waals surface area (Å²) < 4.78 is 2.62. The lowest BCUT2D eigenvalue weighted by molar-refractivity contribution is -0.605. The fourth-order valence-corrected chi connectivity index (χ4v) is 2.85. The monoisotopic (exact) mass is 352 g/mol. The fraction of sp³-hybridized carbons (Fsp3) is 0.368. The Bertz CT molecular complexity index is 945. The topological polar surface area (TPSA) is 82.6 Å². The molecule has 1 N–H and O–H groups in total. The molecule has 26 heavy (non-hydrogen) atoms. The van der Waals surface area contributed by atoms with Gasteiger partial charge in [0, 0.05) is 24.7 Å². The van der Waals surface area contributed by atoms with Crippen LogP contribution in [0.2, 0.25) is 0 Å². The van der Waals surface area contributed by atoms with E-state index in [1.807, 2.05) is 29.9 Å². The van der Waals surface area contributed by atoms with Crippen molar-refractivity contribution < 1.29 is 4.73 Å². The summed E-state index contributed by atoms with van der Waals surface area (Å²) in [5.41, 5.74) is 3.56. The first-order valence-electron chi connectivity index (χ1n) is 8.85. The Labute approximate surface area is 153 Å². The van der Waals surface area contributed by atoms with Gasteiger partial charge in [-0.25, -0.2) is 9.97 Å². The molecule has 7 nitrogen and oxygen atoms in total. The fourth-order valence-electron chi connectivity index (χ4n) is 2.85. The summed E-state index contributed by atoms with van der Waals surface area (Å²) in [5.74, 6) is 1.36. The molecule has 3 rings (SSSR count). The number of hydrogen-bond acceptors (Lipinski definition) is 5. The van der Waals surface area contributed by atoms with Crippen molar-refractivity contribution in [3.63, 3.8) is 0 Å². The first-order valence-corrected chi connectivity index (χ1v) is 8.85. The molecule has 7 heteroatoms. The highest BCUT2D eigenvalue weighted by Gasteiger charge is 2.16. The lowest BCUT2D eigenvalue weighted by Gasteiger charge is -2.11. The van der Waals surface area contributed by atoms with Crippen LogP contribution in [0.5, 0.6) is 0 Å². The third-order valence-electron chi connectivity index (χ3n) is 3.90. The number of rotatable bonds is 6. The van der Waals surface area contributed by atoms with E-state index in [1.165, 1.54) is 12.4 Å². The maximum atomic E-state index is 11.4. The van der Waals surface area contributed by atoms with Gasteiger partial charge < -0.3 is 10.5 Å². The van der Waals surface area contributed by atoms with Gasteiger partial charge in [-0.2, -0.15) is 9.83 Å². The van der Waals surface area contributed by atoms with Gasteiger partial charge in [0.1, 0.15) is 11.0 Å². The van der Waals surface area contributed by atoms with Gasteiger partial charge in [-0.05, 0) is 38.5 Å². The normalized spacial score (nSPS) is 11.7. The van der Waals surface area contributed by atoms with Crippen LogP contribution in [-0.2, 0) is 13.5 Å².